The number of fused-ring (bicyclic) bond motifs is 8. The lowest BCUT2D eigenvalue weighted by Gasteiger charge is -2.22. The van der Waals surface area contributed by atoms with E-state index in [2.05, 4.69) is 15.5 Å². The number of hydrogen-bond donors (Lipinski definition) is 2. The van der Waals surface area contributed by atoms with Crippen molar-refractivity contribution >= 4 is 57.8 Å². The van der Waals surface area contributed by atoms with Crippen molar-refractivity contribution in [1.82, 2.24) is 0 Å². The Morgan fingerprint density at radius 3 is 1.60 bits per heavy atom. The van der Waals surface area contributed by atoms with Crippen LogP contribution in [0.2, 0.25) is 0 Å². The van der Waals surface area contributed by atoms with E-state index in [1.54, 1.807) is 34.1 Å². The van der Waals surface area contributed by atoms with Gasteiger partial charge >= 0.3 is 0 Å². The Hall–Kier alpha value is -7.35. The molecule has 4 amide bonds. The van der Waals surface area contributed by atoms with Gasteiger partial charge < -0.3 is 34.5 Å². The molecule has 0 saturated carbocycles. The lowest BCUT2D eigenvalue weighted by atomic mass is 10.1. The summed E-state index contributed by atoms with van der Waals surface area (Å²) in [5, 5.41) is 5.92. The standard InChI is InChI=1S/C49H47N5O9/c1-5-33(55)13-10-16-52(2)32-18-28(26-62-44-24-36-34(22-42(44)60-3)48(58)53-38-14-8-6-11-30(38)20-40(53)46(56)50-36)17-29(19-32)27-63-45-25-37-35(23-43(45)61-4)49(59)54-39-15-9-7-12-31(39)21-41(54)47(57)51-37/h6-9,11-12,14-15,17-19,22-25,40-41H,5,10,13,16,20-21,26-27H2,1-4H3,(H,50,56)(H,51,57)/t40-,41-/m0/s1. The number of ketones is 1. The number of nitrogens with one attached hydrogen (secondary N) is 2. The molecule has 2 atom stereocenters. The van der Waals surface area contributed by atoms with E-state index in [4.69, 9.17) is 18.9 Å². The quantitative estimate of drug-likeness (QED) is 0.118. The summed E-state index contributed by atoms with van der Waals surface area (Å²) in [5.74, 6) is 0.313. The predicted molar refractivity (Wildman–Crippen MR) is 238 cm³/mol. The highest BCUT2D eigenvalue weighted by Crippen LogP contribution is 2.43. The molecule has 4 heterocycles. The molecule has 0 aromatic heterocycles. The van der Waals surface area contributed by atoms with Crippen LogP contribution < -0.4 is 44.3 Å². The van der Waals surface area contributed by atoms with E-state index in [1.807, 2.05) is 80.7 Å². The second kappa shape index (κ2) is 16.8. The minimum Gasteiger partial charge on any atom is -0.493 e. The van der Waals surface area contributed by atoms with Gasteiger partial charge in [-0.2, -0.15) is 0 Å². The first kappa shape index (κ1) is 41.0. The van der Waals surface area contributed by atoms with Crippen LogP contribution >= 0.6 is 0 Å². The number of methoxy groups -OCH3 is 2. The van der Waals surface area contributed by atoms with Crippen molar-refractivity contribution < 1.29 is 42.9 Å². The molecule has 0 radical (unpaired) electrons. The number of ether oxygens (including phenoxy) is 4. The van der Waals surface area contributed by atoms with Gasteiger partial charge in [-0.25, -0.2) is 0 Å². The normalized spacial score (nSPS) is 16.9. The maximum Gasteiger partial charge on any atom is 0.261 e. The van der Waals surface area contributed by atoms with Crippen LogP contribution in [0.1, 0.15) is 69.2 Å². The number of anilines is 5. The highest BCUT2D eigenvalue weighted by molar-refractivity contribution is 6.21. The monoisotopic (exact) mass is 849 g/mol. The second-order valence-corrected chi connectivity index (χ2v) is 16.1. The number of rotatable bonds is 14. The summed E-state index contributed by atoms with van der Waals surface area (Å²) in [4.78, 5) is 72.4. The maximum absolute atomic E-state index is 14.0. The Balaban J connectivity index is 0.982. The maximum atomic E-state index is 14.0. The van der Waals surface area contributed by atoms with Gasteiger partial charge in [-0.3, -0.25) is 33.8 Å². The first-order valence-corrected chi connectivity index (χ1v) is 21.0. The lowest BCUT2D eigenvalue weighted by molar-refractivity contribution is -0.119. The summed E-state index contributed by atoms with van der Waals surface area (Å²) in [6.07, 6.45) is 2.47. The first-order chi connectivity index (χ1) is 30.5. The van der Waals surface area contributed by atoms with E-state index in [1.165, 1.54) is 14.2 Å². The molecule has 322 valence electrons. The summed E-state index contributed by atoms with van der Waals surface area (Å²) in [5.41, 5.74) is 6.96. The Kier molecular flexibility index (Phi) is 11.0. The third-order valence-corrected chi connectivity index (χ3v) is 12.2. The Labute approximate surface area is 364 Å². The zero-order chi connectivity index (χ0) is 43.9. The molecule has 2 N–H and O–H groups in total. The van der Waals surface area contributed by atoms with Gasteiger partial charge in [0, 0.05) is 68.5 Å². The van der Waals surface area contributed by atoms with Crippen molar-refractivity contribution in [3.8, 4) is 23.0 Å². The smallest absolute Gasteiger partial charge is 0.261 e. The summed E-state index contributed by atoms with van der Waals surface area (Å²) in [6, 6.07) is 26.1. The number of carbonyl (C=O) groups excluding carboxylic acids is 5. The Morgan fingerprint density at radius 1 is 0.667 bits per heavy atom. The van der Waals surface area contributed by atoms with Crippen LogP contribution in [0.25, 0.3) is 0 Å². The van der Waals surface area contributed by atoms with Crippen LogP contribution in [0.15, 0.2) is 91.0 Å². The number of nitrogens with zero attached hydrogens (tertiary/aromatic N) is 3. The van der Waals surface area contributed by atoms with Gasteiger partial charge in [0.2, 0.25) is 11.8 Å². The fourth-order valence-corrected chi connectivity index (χ4v) is 8.88. The Bertz CT molecular complexity index is 2530. The third-order valence-electron chi connectivity index (χ3n) is 12.2. The van der Waals surface area contributed by atoms with E-state index < -0.39 is 12.1 Å². The van der Waals surface area contributed by atoms with Crippen LogP contribution in [0, 0.1) is 0 Å². The minimum atomic E-state index is -0.680. The molecule has 14 heteroatoms. The zero-order valence-corrected chi connectivity index (χ0v) is 35.5. The van der Waals surface area contributed by atoms with Gasteiger partial charge in [0.25, 0.3) is 11.8 Å². The van der Waals surface area contributed by atoms with Crippen LogP contribution in [-0.4, -0.2) is 69.3 Å². The van der Waals surface area contributed by atoms with Crippen LogP contribution in [-0.2, 0) is 40.4 Å². The summed E-state index contributed by atoms with van der Waals surface area (Å²) in [6.45, 7) is 2.65. The van der Waals surface area contributed by atoms with Crippen LogP contribution in [0.5, 0.6) is 23.0 Å². The largest absolute Gasteiger partial charge is 0.493 e. The third kappa shape index (κ3) is 7.66. The minimum absolute atomic E-state index is 0.0826. The van der Waals surface area contributed by atoms with E-state index >= 15 is 0 Å². The fourth-order valence-electron chi connectivity index (χ4n) is 8.88. The molecule has 9 rings (SSSR count). The zero-order valence-electron chi connectivity index (χ0n) is 35.5. The predicted octanol–water partition coefficient (Wildman–Crippen LogP) is 7.10. The average molecular weight is 850 g/mol. The van der Waals surface area contributed by atoms with Crippen molar-refractivity contribution in [2.45, 2.75) is 64.3 Å². The molecule has 0 bridgehead atoms. The van der Waals surface area contributed by atoms with Crippen LogP contribution in [0.3, 0.4) is 0 Å². The molecule has 4 aliphatic rings. The molecular weight excluding hydrogens is 803 g/mol. The van der Waals surface area contributed by atoms with Crippen LogP contribution in [0.4, 0.5) is 28.4 Å². The number of Topliss-reactive ketones (excluding diaryl/α,β-unsaturated/α-hetero) is 1. The first-order valence-electron chi connectivity index (χ1n) is 21.0. The number of para-hydroxylation sites is 2. The molecule has 0 saturated heterocycles. The molecule has 0 spiro atoms. The number of carbonyl (C=O) groups is 5. The molecule has 14 nitrogen and oxygen atoms in total. The molecule has 5 aromatic rings. The Morgan fingerprint density at radius 2 is 1.14 bits per heavy atom. The molecule has 0 fully saturated rings. The highest BCUT2D eigenvalue weighted by Gasteiger charge is 2.44. The van der Waals surface area contributed by atoms with Crippen molar-refractivity contribution in [2.24, 2.45) is 0 Å². The van der Waals surface area contributed by atoms with Gasteiger partial charge in [-0.1, -0.05) is 43.3 Å². The number of amides is 4. The number of hydrogen-bond acceptors (Lipinski definition) is 10. The molecule has 0 unspecified atom stereocenters. The topological polar surface area (TPSA) is 156 Å². The summed E-state index contributed by atoms with van der Waals surface area (Å²) in [7, 11) is 4.95. The second-order valence-electron chi connectivity index (χ2n) is 16.1. The van der Waals surface area contributed by atoms with Crippen molar-refractivity contribution in [3.05, 3.63) is 124 Å². The van der Waals surface area contributed by atoms with Gasteiger partial charge in [0.05, 0.1) is 36.7 Å². The molecular formula is C49H47N5O9. The molecule has 5 aromatic carbocycles. The summed E-state index contributed by atoms with van der Waals surface area (Å²) >= 11 is 0. The molecule has 0 aliphatic carbocycles. The van der Waals surface area contributed by atoms with Crippen molar-refractivity contribution in [2.75, 3.05) is 53.1 Å². The van der Waals surface area contributed by atoms with Gasteiger partial charge in [0.1, 0.15) is 31.1 Å². The van der Waals surface area contributed by atoms with Gasteiger partial charge in [-0.15, -0.1) is 0 Å². The van der Waals surface area contributed by atoms with Gasteiger partial charge in [0.15, 0.2) is 23.0 Å². The lowest BCUT2D eigenvalue weighted by Crippen LogP contribution is -2.42. The summed E-state index contributed by atoms with van der Waals surface area (Å²) < 4.78 is 24.3. The van der Waals surface area contributed by atoms with Gasteiger partial charge in [-0.05, 0) is 71.1 Å². The van der Waals surface area contributed by atoms with E-state index in [9.17, 15) is 24.0 Å². The van der Waals surface area contributed by atoms with E-state index in [0.29, 0.717) is 95.5 Å². The molecule has 63 heavy (non-hydrogen) atoms. The van der Waals surface area contributed by atoms with E-state index in [-0.39, 0.29) is 42.6 Å². The fraction of sp³-hybridized carbons (Fsp3) is 0.286. The number of benzene rings is 5. The highest BCUT2D eigenvalue weighted by atomic mass is 16.5. The SMILES string of the molecule is CCC(=O)CCCN(C)c1cc(COc2cc3c(cc2OC)C(=O)N2c4ccccc4C[C@H]2C(=O)N3)cc(COc2cc3c(cc2OC)C(=O)N2c4ccccc4C[C@H]2C(=O)N3)c1. The van der Waals surface area contributed by atoms with E-state index in [0.717, 1.165) is 27.9 Å². The average Bonchev–Trinajstić information content (AvgIpc) is 3.84. The van der Waals surface area contributed by atoms with Crippen molar-refractivity contribution in [1.29, 1.82) is 0 Å². The molecule has 4 aliphatic heterocycles. The van der Waals surface area contributed by atoms with Crippen molar-refractivity contribution in [3.63, 3.8) is 0 Å².